The molecule has 0 aromatic heterocycles. The van der Waals surface area contributed by atoms with Crippen LogP contribution in [0.1, 0.15) is 123 Å². The van der Waals surface area contributed by atoms with Crippen LogP contribution in [0.2, 0.25) is 0 Å². The van der Waals surface area contributed by atoms with Crippen LogP contribution in [0.5, 0.6) is 0 Å². The van der Waals surface area contributed by atoms with Crippen LogP contribution in [0.15, 0.2) is 42.0 Å². The van der Waals surface area contributed by atoms with Gasteiger partial charge in [-0.25, -0.2) is 4.79 Å². The lowest BCUT2D eigenvalue weighted by Crippen LogP contribution is -2.78. The van der Waals surface area contributed by atoms with E-state index >= 15 is 0 Å². The summed E-state index contributed by atoms with van der Waals surface area (Å²) in [4.78, 5) is 27.1. The molecule has 25 atom stereocenters. The molecule has 76 heavy (non-hydrogen) atoms. The van der Waals surface area contributed by atoms with Crippen molar-refractivity contribution in [2.24, 2.45) is 16.7 Å². The van der Waals surface area contributed by atoms with E-state index in [9.17, 15) is 35.1 Å². The van der Waals surface area contributed by atoms with Crippen LogP contribution in [-0.2, 0) is 66.4 Å². The monoisotopic (exact) mass is 1080 g/mol. The minimum Gasteiger partial charge on any atom is -0.458 e. The van der Waals surface area contributed by atoms with Gasteiger partial charge in [-0.05, 0) is 104 Å². The number of hydrogen-bond acceptors (Lipinski definition) is 20. The Bertz CT molecular complexity index is 2220. The molecule has 9 rings (SSSR count). The van der Waals surface area contributed by atoms with Crippen molar-refractivity contribution < 1.29 is 96.7 Å². The van der Waals surface area contributed by atoms with Crippen molar-refractivity contribution in [1.29, 1.82) is 0 Å². The summed E-state index contributed by atoms with van der Waals surface area (Å²) >= 11 is 0. The number of aliphatic hydroxyl groups excluding tert-OH is 2. The van der Waals surface area contributed by atoms with E-state index in [0.29, 0.717) is 44.1 Å². The second-order valence-electron chi connectivity index (χ2n) is 23.3. The zero-order valence-corrected chi connectivity index (χ0v) is 45.9. The highest BCUT2D eigenvalue weighted by atomic mass is 16.8. The molecule has 0 unspecified atom stereocenters. The molecule has 0 amide bonds. The Morgan fingerprint density at radius 3 is 1.70 bits per heavy atom. The summed E-state index contributed by atoms with van der Waals surface area (Å²) in [5, 5.41) is 59.5. The van der Waals surface area contributed by atoms with E-state index in [0.717, 1.165) is 5.57 Å². The Morgan fingerprint density at radius 1 is 0.632 bits per heavy atom. The lowest BCUT2D eigenvalue weighted by atomic mass is 9.42. The lowest BCUT2D eigenvalue weighted by Gasteiger charge is -2.67. The third kappa shape index (κ3) is 9.87. The fraction of sp³-hybridized carbons (Fsp3) is 0.821. The number of benzene rings is 1. The summed E-state index contributed by atoms with van der Waals surface area (Å²) < 4.78 is 81.0. The zero-order valence-electron chi connectivity index (χ0n) is 45.9. The molecule has 428 valence electrons. The summed E-state index contributed by atoms with van der Waals surface area (Å²) in [6.45, 7) is 12.3. The molecule has 3 saturated carbocycles. The van der Waals surface area contributed by atoms with E-state index in [4.69, 9.17) is 61.6 Å². The van der Waals surface area contributed by atoms with Crippen molar-refractivity contribution in [2.75, 3.05) is 28.4 Å². The van der Waals surface area contributed by atoms with Crippen LogP contribution in [0, 0.1) is 16.7 Å². The second kappa shape index (κ2) is 22.4. The SMILES string of the molecule is CO[C@@H]1[C@@H](O)[C@@H](C)O[C@@H](O[C@@H]2[C@@H](C)O[C@@H](O[C@@H]3[C@@H](C)O[C@@H](O[C@@H]4[C@@H](C)O[C@@H](O[C@H]5CC[C@@]6(C)C(=CC[C@]7(O)[C@@H]6C[C@@H](OC(=O)c6ccccc6)[C@@]6(C)[C@]7(O)CC[C@@]6(O)C(C)=O)C5)C[C@H]4OC)C[C@H]3OC)C[C@H]2OC)[C@@H]1O. The zero-order chi connectivity index (χ0) is 54.9. The third-order valence-electron chi connectivity index (χ3n) is 19.5. The van der Waals surface area contributed by atoms with E-state index in [1.807, 2.05) is 26.8 Å². The van der Waals surface area contributed by atoms with Gasteiger partial charge in [-0.3, -0.25) is 4.79 Å². The van der Waals surface area contributed by atoms with Crippen LogP contribution in [0.3, 0.4) is 0 Å². The van der Waals surface area contributed by atoms with Crippen molar-refractivity contribution in [3.8, 4) is 0 Å². The molecule has 1 aromatic carbocycles. The molecule has 0 radical (unpaired) electrons. The molecule has 20 heteroatoms. The van der Waals surface area contributed by atoms with E-state index in [2.05, 4.69) is 6.92 Å². The quantitative estimate of drug-likeness (QED) is 0.124. The summed E-state index contributed by atoms with van der Waals surface area (Å²) in [5.74, 6) is -1.76. The Labute approximate surface area is 446 Å². The summed E-state index contributed by atoms with van der Waals surface area (Å²) in [6.07, 6.45) is -7.99. The molecule has 4 saturated heterocycles. The van der Waals surface area contributed by atoms with Crippen molar-refractivity contribution in [1.82, 2.24) is 0 Å². The van der Waals surface area contributed by atoms with E-state index < -0.39 is 156 Å². The normalized spacial score (nSPS) is 49.4. The molecule has 20 nitrogen and oxygen atoms in total. The molecule has 7 fully saturated rings. The Morgan fingerprint density at radius 2 is 1.17 bits per heavy atom. The van der Waals surface area contributed by atoms with Crippen LogP contribution in [-0.4, -0.2) is 199 Å². The molecule has 4 aliphatic heterocycles. The highest BCUT2D eigenvalue weighted by molar-refractivity contribution is 5.90. The minimum absolute atomic E-state index is 0.0498. The van der Waals surface area contributed by atoms with E-state index in [-0.39, 0.29) is 31.8 Å². The van der Waals surface area contributed by atoms with Crippen LogP contribution >= 0.6 is 0 Å². The molecule has 5 N–H and O–H groups in total. The number of carbonyl (C=O) groups excluding carboxylic acids is 2. The first-order valence-corrected chi connectivity index (χ1v) is 27.3. The van der Waals surface area contributed by atoms with Crippen molar-refractivity contribution in [2.45, 2.75) is 246 Å². The number of carbonyl (C=O) groups is 2. The van der Waals surface area contributed by atoms with E-state index in [1.165, 1.54) is 14.0 Å². The topological polar surface area (TPSA) is 255 Å². The molecule has 4 heterocycles. The lowest BCUT2D eigenvalue weighted by molar-refractivity contribution is -0.356. The van der Waals surface area contributed by atoms with Crippen molar-refractivity contribution >= 4 is 11.8 Å². The van der Waals surface area contributed by atoms with Crippen LogP contribution < -0.4 is 0 Å². The fourth-order valence-electron chi connectivity index (χ4n) is 14.9. The number of ether oxygens (including phenoxy) is 13. The van der Waals surface area contributed by atoms with Gasteiger partial charge < -0.3 is 87.1 Å². The van der Waals surface area contributed by atoms with E-state index in [1.54, 1.807) is 65.5 Å². The van der Waals surface area contributed by atoms with Gasteiger partial charge in [-0.2, -0.15) is 0 Å². The maximum Gasteiger partial charge on any atom is 0.338 e. The maximum atomic E-state index is 13.7. The van der Waals surface area contributed by atoms with Crippen molar-refractivity contribution in [3.05, 3.63) is 47.5 Å². The van der Waals surface area contributed by atoms with Gasteiger partial charge in [-0.15, -0.1) is 0 Å². The number of esters is 1. The van der Waals surface area contributed by atoms with Gasteiger partial charge in [0.25, 0.3) is 0 Å². The Kier molecular flexibility index (Phi) is 17.1. The predicted octanol–water partition coefficient (Wildman–Crippen LogP) is 3.81. The van der Waals surface area contributed by atoms with Crippen LogP contribution in [0.4, 0.5) is 0 Å². The second-order valence-corrected chi connectivity index (χ2v) is 23.3. The molecule has 8 aliphatic rings. The number of hydrogen-bond donors (Lipinski definition) is 5. The minimum atomic E-state index is -2.04. The van der Waals surface area contributed by atoms with Gasteiger partial charge in [0.2, 0.25) is 0 Å². The van der Waals surface area contributed by atoms with Crippen LogP contribution in [0.25, 0.3) is 0 Å². The Hall–Kier alpha value is -2.58. The number of rotatable bonds is 15. The number of Topliss-reactive ketones (excluding diaryl/α,β-unsaturated/α-hetero) is 1. The summed E-state index contributed by atoms with van der Waals surface area (Å²) in [6, 6.07) is 8.51. The first-order valence-electron chi connectivity index (χ1n) is 27.3. The average Bonchev–Trinajstić information content (AvgIpc) is 3.86. The van der Waals surface area contributed by atoms with Gasteiger partial charge in [0.05, 0.1) is 59.8 Å². The van der Waals surface area contributed by atoms with Crippen molar-refractivity contribution in [3.63, 3.8) is 0 Å². The standard InChI is InChI=1S/C56H84O20/c1-28-44(58)49(67-11)45(59)51(71-28)76-48-31(4)70-43(26-38(48)66-10)75-47-30(3)69-42(25-37(47)65-9)74-46-29(2)68-41(24-36(46)64-8)72-35-18-19-52(6)34(23-35)17-20-55(62)39(52)27-40(73-50(60)33-15-13-12-14-16-33)53(7)54(61,32(5)57)21-22-56(53,55)63/h12-17,28-31,35-49,51,58-59,61-63H,18-27H2,1-11H3/t28-,29-,30-,31-,35+,36-,37-,38-,39-,40-,41+,42+,43+,44+,45-,46-,47-,48-,49-,51+,52+,53-,54-,55+,56-/m1/s1. The highest BCUT2D eigenvalue weighted by Crippen LogP contribution is 2.71. The van der Waals surface area contributed by atoms with Gasteiger partial charge in [-0.1, -0.05) is 36.8 Å². The molecular formula is C56H84O20. The fourth-order valence-corrected chi connectivity index (χ4v) is 14.9. The molecule has 4 aliphatic carbocycles. The Balaban J connectivity index is 0.810. The average molecular weight is 1080 g/mol. The van der Waals surface area contributed by atoms with Gasteiger partial charge in [0.1, 0.15) is 59.5 Å². The number of aliphatic hydroxyl groups is 5. The molecule has 0 spiro atoms. The van der Waals surface area contributed by atoms with Gasteiger partial charge >= 0.3 is 5.97 Å². The molecule has 1 aromatic rings. The first-order chi connectivity index (χ1) is 36.0. The highest BCUT2D eigenvalue weighted by Gasteiger charge is 2.81. The van der Waals surface area contributed by atoms with Gasteiger partial charge in [0, 0.05) is 53.6 Å². The molecule has 0 bridgehead atoms. The maximum absolute atomic E-state index is 13.7. The third-order valence-corrected chi connectivity index (χ3v) is 19.5. The predicted molar refractivity (Wildman–Crippen MR) is 267 cm³/mol. The summed E-state index contributed by atoms with van der Waals surface area (Å²) in [7, 11) is 6.24. The number of methoxy groups -OCH3 is 4. The largest absolute Gasteiger partial charge is 0.458 e. The van der Waals surface area contributed by atoms with Gasteiger partial charge in [0.15, 0.2) is 30.9 Å². The summed E-state index contributed by atoms with van der Waals surface area (Å²) in [5.41, 5.74) is -6.73. The molecular weight excluding hydrogens is 993 g/mol. The number of fused-ring (bicyclic) bond motifs is 5. The smallest absolute Gasteiger partial charge is 0.338 e. The number of ketones is 1. The first kappa shape index (κ1) is 58.1.